The highest BCUT2D eigenvalue weighted by molar-refractivity contribution is 7.89. The lowest BCUT2D eigenvalue weighted by Gasteiger charge is -2.02. The Hall–Kier alpha value is -1.42. The molecule has 0 unspecified atom stereocenters. The van der Waals surface area contributed by atoms with Gasteiger partial charge >= 0.3 is 4.87 Å². The van der Waals surface area contributed by atoms with Crippen LogP contribution in [-0.2, 0) is 23.1 Å². The Kier molecular flexibility index (Phi) is 4.76. The van der Waals surface area contributed by atoms with Crippen LogP contribution in [0.4, 0.5) is 0 Å². The molecule has 0 radical (unpaired) electrons. The highest BCUT2D eigenvalue weighted by atomic mass is 32.2. The highest BCUT2D eigenvalue weighted by Crippen LogP contribution is 2.11. The second-order valence-electron chi connectivity index (χ2n) is 4.14. The first-order chi connectivity index (χ1) is 9.51. The Morgan fingerprint density at radius 2 is 2.10 bits per heavy atom. The summed E-state index contributed by atoms with van der Waals surface area (Å²) in [5.41, 5.74) is 1.35. The van der Waals surface area contributed by atoms with Crippen LogP contribution in [0.2, 0.25) is 0 Å². The molecule has 20 heavy (non-hydrogen) atoms. The number of rotatable bonds is 7. The number of aromatic nitrogens is 2. The van der Waals surface area contributed by atoms with E-state index in [0.717, 1.165) is 23.6 Å². The van der Waals surface area contributed by atoms with E-state index in [1.165, 1.54) is 6.20 Å². The second kappa shape index (κ2) is 6.35. The maximum absolute atomic E-state index is 12.1. The summed E-state index contributed by atoms with van der Waals surface area (Å²) < 4.78 is 26.6. The van der Waals surface area contributed by atoms with Crippen LogP contribution in [0.5, 0.6) is 0 Å². The lowest BCUT2D eigenvalue weighted by Crippen LogP contribution is -2.23. The molecule has 0 aliphatic heterocycles. The van der Waals surface area contributed by atoms with E-state index < -0.39 is 10.0 Å². The maximum Gasteiger partial charge on any atom is 0.304 e. The quantitative estimate of drug-likeness (QED) is 0.591. The minimum absolute atomic E-state index is 0.0643. The summed E-state index contributed by atoms with van der Waals surface area (Å²) in [5, 5.41) is 4.70. The molecule has 0 aliphatic carbocycles. The van der Waals surface area contributed by atoms with Crippen molar-refractivity contribution in [1.29, 1.82) is 0 Å². The molecule has 9 heteroatoms. The molecule has 7 nitrogen and oxygen atoms in total. The zero-order valence-electron chi connectivity index (χ0n) is 10.9. The molecule has 0 amide bonds. The largest absolute Gasteiger partial charge is 0.363 e. The topological polar surface area (TPSA) is 107 Å². The first-order valence-electron chi connectivity index (χ1n) is 6.05. The summed E-state index contributed by atoms with van der Waals surface area (Å²) in [4.78, 5) is 16.4. The number of nitrogens with one attached hydrogen (secondary N) is 4. The molecular formula is C11H16N4O3S2. The molecule has 2 aromatic rings. The van der Waals surface area contributed by atoms with Crippen LogP contribution in [0.3, 0.4) is 0 Å². The van der Waals surface area contributed by atoms with E-state index in [0.29, 0.717) is 12.2 Å². The molecule has 0 atom stereocenters. The van der Waals surface area contributed by atoms with Gasteiger partial charge in [-0.05, 0) is 12.6 Å². The Morgan fingerprint density at radius 1 is 1.30 bits per heavy atom. The van der Waals surface area contributed by atoms with Crippen LogP contribution in [0.25, 0.3) is 0 Å². The van der Waals surface area contributed by atoms with Crippen LogP contribution in [-0.4, -0.2) is 24.9 Å². The Morgan fingerprint density at radius 3 is 2.75 bits per heavy atom. The van der Waals surface area contributed by atoms with Crippen LogP contribution in [0.1, 0.15) is 18.3 Å². The van der Waals surface area contributed by atoms with E-state index in [1.807, 2.05) is 6.92 Å². The molecule has 4 N–H and O–H groups in total. The van der Waals surface area contributed by atoms with E-state index in [2.05, 4.69) is 20.0 Å². The number of aromatic amines is 2. The Bertz CT molecular complexity index is 714. The van der Waals surface area contributed by atoms with Crippen LogP contribution >= 0.6 is 11.3 Å². The summed E-state index contributed by atoms with van der Waals surface area (Å²) >= 11 is 1.00. The molecule has 0 fully saturated rings. The third-order valence-electron chi connectivity index (χ3n) is 2.62. The van der Waals surface area contributed by atoms with E-state index in [9.17, 15) is 13.2 Å². The van der Waals surface area contributed by atoms with E-state index in [-0.39, 0.29) is 16.3 Å². The van der Waals surface area contributed by atoms with Gasteiger partial charge in [0, 0.05) is 29.5 Å². The predicted octanol–water partition coefficient (Wildman–Crippen LogP) is 0.352. The lowest BCUT2D eigenvalue weighted by atomic mass is 10.4. The molecule has 2 aromatic heterocycles. The molecule has 2 heterocycles. The highest BCUT2D eigenvalue weighted by Gasteiger charge is 2.16. The Labute approximate surface area is 120 Å². The summed E-state index contributed by atoms with van der Waals surface area (Å²) in [6, 6.07) is 1.58. The fourth-order valence-corrected chi connectivity index (χ4v) is 3.20. The molecule has 0 aromatic carbocycles. The average molecular weight is 316 g/mol. The second-order valence-corrected chi connectivity index (χ2v) is 6.75. The Balaban J connectivity index is 2.02. The SMILES string of the molecule is CCNCc1cc(S(=O)(=O)NCc2csc(=O)[nH]2)c[nH]1. The van der Waals surface area contributed by atoms with Gasteiger partial charge in [0.2, 0.25) is 10.0 Å². The van der Waals surface area contributed by atoms with Gasteiger partial charge in [-0.3, -0.25) is 4.79 Å². The zero-order chi connectivity index (χ0) is 14.6. The molecule has 0 aliphatic rings. The number of sulfonamides is 1. The monoisotopic (exact) mass is 316 g/mol. The minimum Gasteiger partial charge on any atom is -0.363 e. The molecule has 110 valence electrons. The number of thiazole rings is 1. The fraction of sp³-hybridized carbons (Fsp3) is 0.364. The van der Waals surface area contributed by atoms with Crippen molar-refractivity contribution in [2.24, 2.45) is 0 Å². The first-order valence-corrected chi connectivity index (χ1v) is 8.42. The lowest BCUT2D eigenvalue weighted by molar-refractivity contribution is 0.580. The van der Waals surface area contributed by atoms with Gasteiger partial charge in [-0.25, -0.2) is 13.1 Å². The zero-order valence-corrected chi connectivity index (χ0v) is 12.5. The summed E-state index contributed by atoms with van der Waals surface area (Å²) in [5.74, 6) is 0. The van der Waals surface area contributed by atoms with E-state index in [1.54, 1.807) is 11.4 Å². The van der Waals surface area contributed by atoms with Crippen LogP contribution in [0.15, 0.2) is 27.3 Å². The van der Waals surface area contributed by atoms with Gasteiger partial charge in [-0.15, -0.1) is 0 Å². The third kappa shape index (κ3) is 3.79. The van der Waals surface area contributed by atoms with Gasteiger partial charge in [0.1, 0.15) is 0 Å². The van der Waals surface area contributed by atoms with Gasteiger partial charge < -0.3 is 15.3 Å². The van der Waals surface area contributed by atoms with Crippen LogP contribution < -0.4 is 14.9 Å². The molecular weight excluding hydrogens is 300 g/mol. The van der Waals surface area contributed by atoms with Gasteiger partial charge in [-0.1, -0.05) is 18.3 Å². The van der Waals surface area contributed by atoms with Crippen molar-refractivity contribution in [2.75, 3.05) is 6.54 Å². The summed E-state index contributed by atoms with van der Waals surface area (Å²) in [7, 11) is -3.58. The van der Waals surface area contributed by atoms with Gasteiger partial charge in [0.15, 0.2) is 0 Å². The number of H-pyrrole nitrogens is 2. The predicted molar refractivity (Wildman–Crippen MR) is 77.1 cm³/mol. The molecule has 0 spiro atoms. The van der Waals surface area contributed by atoms with E-state index >= 15 is 0 Å². The van der Waals surface area contributed by atoms with Crippen molar-refractivity contribution in [3.63, 3.8) is 0 Å². The molecule has 0 saturated carbocycles. The maximum atomic E-state index is 12.1. The van der Waals surface area contributed by atoms with Crippen molar-refractivity contribution in [1.82, 2.24) is 20.0 Å². The smallest absolute Gasteiger partial charge is 0.304 e. The normalized spacial score (nSPS) is 11.8. The molecule has 0 bridgehead atoms. The fourth-order valence-electron chi connectivity index (χ4n) is 1.59. The summed E-state index contributed by atoms with van der Waals surface area (Å²) in [6.45, 7) is 3.44. The average Bonchev–Trinajstić information content (AvgIpc) is 3.03. The van der Waals surface area contributed by atoms with Gasteiger partial charge in [0.05, 0.1) is 11.4 Å². The van der Waals surface area contributed by atoms with Crippen LogP contribution in [0, 0.1) is 0 Å². The van der Waals surface area contributed by atoms with Crippen molar-refractivity contribution < 1.29 is 8.42 Å². The third-order valence-corrected chi connectivity index (χ3v) is 4.71. The first kappa shape index (κ1) is 15.0. The van der Waals surface area contributed by atoms with E-state index in [4.69, 9.17) is 0 Å². The van der Waals surface area contributed by atoms with Gasteiger partial charge in [0.25, 0.3) is 0 Å². The van der Waals surface area contributed by atoms with Crippen molar-refractivity contribution in [2.45, 2.75) is 24.9 Å². The standard InChI is InChI=1S/C11H16N4O3S2/c1-2-12-4-8-3-10(6-13-8)20(17,18)14-5-9-7-19-11(16)15-9/h3,6-7,12-14H,2,4-5H2,1H3,(H,15,16). The van der Waals surface area contributed by atoms with Crippen molar-refractivity contribution in [3.05, 3.63) is 38.7 Å². The number of hydrogen-bond donors (Lipinski definition) is 4. The minimum atomic E-state index is -3.58. The van der Waals surface area contributed by atoms with Gasteiger partial charge in [-0.2, -0.15) is 0 Å². The molecule has 0 saturated heterocycles. The van der Waals surface area contributed by atoms with Crippen molar-refractivity contribution in [3.8, 4) is 0 Å². The molecule has 2 rings (SSSR count). The van der Waals surface area contributed by atoms with Crippen molar-refractivity contribution >= 4 is 21.4 Å². The number of hydrogen-bond acceptors (Lipinski definition) is 5. The summed E-state index contributed by atoms with van der Waals surface area (Å²) in [6.07, 6.45) is 1.45.